The second-order valence-corrected chi connectivity index (χ2v) is 5.06. The summed E-state index contributed by atoms with van der Waals surface area (Å²) in [7, 11) is 0. The summed E-state index contributed by atoms with van der Waals surface area (Å²) >= 11 is 0. The normalized spacial score (nSPS) is 17.1. The fraction of sp³-hybridized carbons (Fsp3) is 0.250. The van der Waals surface area contributed by atoms with Crippen molar-refractivity contribution in [3.63, 3.8) is 0 Å². The van der Waals surface area contributed by atoms with E-state index >= 15 is 0 Å². The predicted octanol–water partition coefficient (Wildman–Crippen LogP) is 3.02. The van der Waals surface area contributed by atoms with Gasteiger partial charge in [-0.05, 0) is 36.5 Å². The zero-order valence-corrected chi connectivity index (χ0v) is 11.1. The molecule has 1 unspecified atom stereocenters. The molecule has 3 N–H and O–H groups in total. The Bertz CT molecular complexity index is 672. The van der Waals surface area contributed by atoms with Gasteiger partial charge in [0, 0.05) is 6.20 Å². The first-order valence-corrected chi connectivity index (χ1v) is 6.78. The molecule has 0 spiro atoms. The molecule has 4 heteroatoms. The minimum Gasteiger partial charge on any atom is -0.396 e. The van der Waals surface area contributed by atoms with Crippen LogP contribution < -0.4 is 11.1 Å². The second kappa shape index (κ2) is 5.22. The largest absolute Gasteiger partial charge is 0.396 e. The first-order valence-electron chi connectivity index (χ1n) is 6.78. The molecule has 0 saturated carbocycles. The minimum atomic E-state index is 0.239. The fourth-order valence-corrected chi connectivity index (χ4v) is 2.73. The number of nitriles is 1. The Morgan fingerprint density at radius 3 is 3.00 bits per heavy atom. The van der Waals surface area contributed by atoms with Gasteiger partial charge in [0.2, 0.25) is 0 Å². The second-order valence-electron chi connectivity index (χ2n) is 5.06. The molecule has 1 aliphatic carbocycles. The number of nitrogens with zero attached hydrogens (tertiary/aromatic N) is 2. The maximum absolute atomic E-state index is 8.84. The van der Waals surface area contributed by atoms with Crippen LogP contribution in [-0.2, 0) is 6.42 Å². The number of hydrogen-bond acceptors (Lipinski definition) is 4. The van der Waals surface area contributed by atoms with Gasteiger partial charge in [0.15, 0.2) is 0 Å². The number of hydrogen-bond donors (Lipinski definition) is 2. The van der Waals surface area contributed by atoms with Gasteiger partial charge in [-0.2, -0.15) is 5.26 Å². The van der Waals surface area contributed by atoms with Crippen molar-refractivity contribution >= 4 is 11.5 Å². The van der Waals surface area contributed by atoms with Gasteiger partial charge in [-0.3, -0.25) is 0 Å². The third kappa shape index (κ3) is 2.30. The predicted molar refractivity (Wildman–Crippen MR) is 79.1 cm³/mol. The molecule has 1 aromatic carbocycles. The molecule has 1 atom stereocenters. The summed E-state index contributed by atoms with van der Waals surface area (Å²) in [5.41, 5.74) is 9.68. The molecule has 0 bridgehead atoms. The van der Waals surface area contributed by atoms with E-state index in [0.717, 1.165) is 19.3 Å². The van der Waals surface area contributed by atoms with Gasteiger partial charge in [0.1, 0.15) is 11.9 Å². The number of nitrogen functional groups attached to an aromatic ring is 1. The Hall–Kier alpha value is -2.54. The molecule has 100 valence electrons. The zero-order valence-electron chi connectivity index (χ0n) is 11.1. The van der Waals surface area contributed by atoms with Crippen LogP contribution in [0, 0.1) is 11.3 Å². The minimum absolute atomic E-state index is 0.239. The lowest BCUT2D eigenvalue weighted by Gasteiger charge is -2.27. The molecular formula is C16H16N4. The van der Waals surface area contributed by atoms with Gasteiger partial charge < -0.3 is 11.1 Å². The Labute approximate surface area is 118 Å². The molecule has 2 aromatic rings. The molecule has 0 amide bonds. The number of aromatic nitrogens is 1. The molecule has 20 heavy (non-hydrogen) atoms. The molecule has 0 fully saturated rings. The highest BCUT2D eigenvalue weighted by Gasteiger charge is 2.20. The topological polar surface area (TPSA) is 74.7 Å². The number of nitrogens with two attached hydrogens (primary N) is 1. The molecule has 0 aliphatic heterocycles. The molecule has 3 rings (SSSR count). The van der Waals surface area contributed by atoms with E-state index in [1.807, 2.05) is 6.07 Å². The van der Waals surface area contributed by atoms with Crippen molar-refractivity contribution in [3.05, 3.63) is 53.2 Å². The van der Waals surface area contributed by atoms with Gasteiger partial charge in [0.05, 0.1) is 17.3 Å². The van der Waals surface area contributed by atoms with Crippen molar-refractivity contribution in [1.29, 1.82) is 5.26 Å². The molecule has 1 heterocycles. The number of nitrogens with one attached hydrogen (secondary N) is 1. The van der Waals surface area contributed by atoms with E-state index in [1.165, 1.54) is 11.1 Å². The lowest BCUT2D eigenvalue weighted by molar-refractivity contribution is 0.599. The van der Waals surface area contributed by atoms with E-state index in [4.69, 9.17) is 11.0 Å². The Morgan fingerprint density at radius 1 is 1.35 bits per heavy atom. The Morgan fingerprint density at radius 2 is 2.20 bits per heavy atom. The average molecular weight is 264 g/mol. The van der Waals surface area contributed by atoms with Crippen molar-refractivity contribution in [2.45, 2.75) is 25.3 Å². The lowest BCUT2D eigenvalue weighted by Crippen LogP contribution is -2.18. The van der Waals surface area contributed by atoms with E-state index in [2.05, 4.69) is 34.6 Å². The monoisotopic (exact) mass is 264 g/mol. The number of fused-ring (bicyclic) bond motifs is 1. The summed E-state index contributed by atoms with van der Waals surface area (Å²) in [6.45, 7) is 0. The number of rotatable bonds is 2. The van der Waals surface area contributed by atoms with Crippen LogP contribution in [0.25, 0.3) is 0 Å². The number of benzene rings is 1. The highest BCUT2D eigenvalue weighted by molar-refractivity contribution is 5.64. The van der Waals surface area contributed by atoms with Crippen LogP contribution in [0.4, 0.5) is 11.5 Å². The Kier molecular flexibility index (Phi) is 3.26. The van der Waals surface area contributed by atoms with Crippen LogP contribution in [-0.4, -0.2) is 4.98 Å². The van der Waals surface area contributed by atoms with Crippen molar-refractivity contribution in [2.24, 2.45) is 0 Å². The summed E-state index contributed by atoms with van der Waals surface area (Å²) in [4.78, 5) is 4.26. The van der Waals surface area contributed by atoms with E-state index in [9.17, 15) is 0 Å². The van der Waals surface area contributed by atoms with Crippen molar-refractivity contribution in [1.82, 2.24) is 4.98 Å². The SMILES string of the molecule is N#Cc1cnc(NC2CCCc3ccccc32)c(N)c1. The average Bonchev–Trinajstić information content (AvgIpc) is 2.49. The summed E-state index contributed by atoms with van der Waals surface area (Å²) in [5, 5.41) is 12.2. The van der Waals surface area contributed by atoms with Crippen LogP contribution in [0.3, 0.4) is 0 Å². The summed E-state index contributed by atoms with van der Waals surface area (Å²) in [6.07, 6.45) is 4.90. The van der Waals surface area contributed by atoms with E-state index < -0.39 is 0 Å². The number of pyridine rings is 1. The summed E-state index contributed by atoms with van der Waals surface area (Å²) < 4.78 is 0. The zero-order chi connectivity index (χ0) is 13.9. The highest BCUT2D eigenvalue weighted by Crippen LogP contribution is 2.33. The first-order chi connectivity index (χ1) is 9.78. The molecule has 1 aromatic heterocycles. The molecule has 4 nitrogen and oxygen atoms in total. The van der Waals surface area contributed by atoms with Crippen molar-refractivity contribution in [3.8, 4) is 6.07 Å². The molecular weight excluding hydrogens is 248 g/mol. The molecule has 1 aliphatic rings. The van der Waals surface area contributed by atoms with E-state index in [-0.39, 0.29) is 6.04 Å². The maximum atomic E-state index is 8.84. The smallest absolute Gasteiger partial charge is 0.149 e. The summed E-state index contributed by atoms with van der Waals surface area (Å²) in [5.74, 6) is 0.658. The van der Waals surface area contributed by atoms with Crippen LogP contribution in [0.5, 0.6) is 0 Å². The quantitative estimate of drug-likeness (QED) is 0.874. The van der Waals surface area contributed by atoms with Crippen LogP contribution >= 0.6 is 0 Å². The first kappa shape index (κ1) is 12.5. The van der Waals surface area contributed by atoms with Gasteiger partial charge in [-0.1, -0.05) is 24.3 Å². The number of aryl methyl sites for hydroxylation is 1. The summed E-state index contributed by atoms with van der Waals surface area (Å²) in [6, 6.07) is 12.4. The highest BCUT2D eigenvalue weighted by atomic mass is 15.0. The maximum Gasteiger partial charge on any atom is 0.149 e. The lowest BCUT2D eigenvalue weighted by atomic mass is 9.88. The van der Waals surface area contributed by atoms with E-state index in [0.29, 0.717) is 17.1 Å². The van der Waals surface area contributed by atoms with Crippen molar-refractivity contribution < 1.29 is 0 Å². The Balaban J connectivity index is 1.88. The molecule has 0 radical (unpaired) electrons. The van der Waals surface area contributed by atoms with Gasteiger partial charge in [0.25, 0.3) is 0 Å². The fourth-order valence-electron chi connectivity index (χ4n) is 2.73. The van der Waals surface area contributed by atoms with Crippen LogP contribution in [0.2, 0.25) is 0 Å². The van der Waals surface area contributed by atoms with Gasteiger partial charge in [-0.25, -0.2) is 4.98 Å². The third-order valence-corrected chi connectivity index (χ3v) is 3.73. The third-order valence-electron chi connectivity index (χ3n) is 3.73. The standard InChI is InChI=1S/C16H16N4/c17-9-11-8-14(18)16(19-10-11)20-15-7-3-5-12-4-1-2-6-13(12)15/h1-2,4,6,8,10,15H,3,5,7,18H2,(H,19,20). The van der Waals surface area contributed by atoms with Gasteiger partial charge in [-0.15, -0.1) is 0 Å². The molecule has 0 saturated heterocycles. The van der Waals surface area contributed by atoms with Crippen LogP contribution in [0.1, 0.15) is 35.6 Å². The van der Waals surface area contributed by atoms with Gasteiger partial charge >= 0.3 is 0 Å². The van der Waals surface area contributed by atoms with Crippen LogP contribution in [0.15, 0.2) is 36.5 Å². The van der Waals surface area contributed by atoms with E-state index in [1.54, 1.807) is 12.3 Å². The number of anilines is 2. The van der Waals surface area contributed by atoms with Crippen molar-refractivity contribution in [2.75, 3.05) is 11.1 Å².